The zero-order chi connectivity index (χ0) is 13.0. The van der Waals surface area contributed by atoms with Crippen molar-refractivity contribution in [3.05, 3.63) is 23.2 Å². The van der Waals surface area contributed by atoms with Crippen molar-refractivity contribution in [1.82, 2.24) is 5.43 Å². The summed E-state index contributed by atoms with van der Waals surface area (Å²) in [4.78, 5) is 11.4. The van der Waals surface area contributed by atoms with Crippen molar-refractivity contribution in [2.75, 3.05) is 6.61 Å². The van der Waals surface area contributed by atoms with E-state index in [1.54, 1.807) is 13.0 Å². The summed E-state index contributed by atoms with van der Waals surface area (Å²) in [5.74, 6) is 6.83. The maximum absolute atomic E-state index is 11.4. The molecule has 3 N–H and O–H groups in total. The van der Waals surface area contributed by atoms with Gasteiger partial charge in [-0.1, -0.05) is 19.3 Å². The van der Waals surface area contributed by atoms with E-state index in [1.165, 1.54) is 19.3 Å². The molecule has 100 valence electrons. The lowest BCUT2D eigenvalue weighted by Gasteiger charge is -2.24. The Bertz CT molecular complexity index is 410. The van der Waals surface area contributed by atoms with Crippen LogP contribution in [-0.2, 0) is 11.3 Å². The number of hydrazine groups is 1. The van der Waals surface area contributed by atoms with Crippen LogP contribution in [0.25, 0.3) is 0 Å². The van der Waals surface area contributed by atoms with Crippen molar-refractivity contribution in [3.63, 3.8) is 0 Å². The highest BCUT2D eigenvalue weighted by atomic mass is 16.5. The molecule has 0 aliphatic heterocycles. The van der Waals surface area contributed by atoms with E-state index in [0.717, 1.165) is 18.9 Å². The summed E-state index contributed by atoms with van der Waals surface area (Å²) in [6.45, 7) is 2.90. The second-order valence-corrected chi connectivity index (χ2v) is 4.79. The van der Waals surface area contributed by atoms with Crippen LogP contribution in [0.3, 0.4) is 0 Å². The van der Waals surface area contributed by atoms with Crippen LogP contribution in [0.5, 0.6) is 0 Å². The van der Waals surface area contributed by atoms with Crippen molar-refractivity contribution in [2.45, 2.75) is 39.2 Å². The zero-order valence-electron chi connectivity index (χ0n) is 10.7. The first-order valence-corrected chi connectivity index (χ1v) is 6.38. The molecule has 1 aliphatic carbocycles. The first-order chi connectivity index (χ1) is 8.70. The van der Waals surface area contributed by atoms with Crippen molar-refractivity contribution in [1.29, 1.82) is 0 Å². The van der Waals surface area contributed by atoms with Crippen molar-refractivity contribution in [3.8, 4) is 0 Å². The van der Waals surface area contributed by atoms with Gasteiger partial charge in [-0.25, -0.2) is 5.84 Å². The molecule has 2 rings (SSSR count). The van der Waals surface area contributed by atoms with Crippen LogP contribution in [0.15, 0.2) is 10.5 Å². The van der Waals surface area contributed by atoms with Gasteiger partial charge in [0.05, 0.1) is 5.56 Å². The highest BCUT2D eigenvalue weighted by molar-refractivity contribution is 5.94. The Kier molecular flexibility index (Phi) is 4.38. The summed E-state index contributed by atoms with van der Waals surface area (Å²) in [6.07, 6.45) is 5.16. The second kappa shape index (κ2) is 6.02. The lowest BCUT2D eigenvalue weighted by Crippen LogP contribution is -2.30. The van der Waals surface area contributed by atoms with Gasteiger partial charge in [-0.05, 0) is 25.3 Å². The SMILES string of the molecule is Cc1oc(COCCC2CCC2)cc1C(=O)NN. The number of nitrogens with one attached hydrogen (secondary N) is 1. The molecule has 1 aromatic heterocycles. The Labute approximate surface area is 107 Å². The first kappa shape index (κ1) is 13.1. The smallest absolute Gasteiger partial charge is 0.268 e. The van der Waals surface area contributed by atoms with Crippen LogP contribution in [0.1, 0.15) is 47.6 Å². The highest BCUT2D eigenvalue weighted by Crippen LogP contribution is 2.29. The summed E-state index contributed by atoms with van der Waals surface area (Å²) >= 11 is 0. The van der Waals surface area contributed by atoms with E-state index in [1.807, 2.05) is 0 Å². The Morgan fingerprint density at radius 3 is 3.00 bits per heavy atom. The molecule has 0 aromatic carbocycles. The maximum Gasteiger partial charge on any atom is 0.268 e. The maximum atomic E-state index is 11.4. The Balaban J connectivity index is 1.76. The molecule has 5 heteroatoms. The first-order valence-electron chi connectivity index (χ1n) is 6.38. The molecular formula is C13H20N2O3. The number of amides is 1. The van der Waals surface area contributed by atoms with Gasteiger partial charge in [-0.2, -0.15) is 0 Å². The number of hydrogen-bond acceptors (Lipinski definition) is 4. The van der Waals surface area contributed by atoms with Crippen molar-refractivity contribution < 1.29 is 13.9 Å². The average Bonchev–Trinajstić information content (AvgIpc) is 2.67. The summed E-state index contributed by atoms with van der Waals surface area (Å²) in [5.41, 5.74) is 2.56. The van der Waals surface area contributed by atoms with Gasteiger partial charge in [-0.3, -0.25) is 10.2 Å². The lowest BCUT2D eigenvalue weighted by molar-refractivity contribution is 0.0831. The van der Waals surface area contributed by atoms with E-state index >= 15 is 0 Å². The molecule has 0 spiro atoms. The minimum Gasteiger partial charge on any atom is -0.463 e. The van der Waals surface area contributed by atoms with E-state index in [9.17, 15) is 4.79 Å². The predicted octanol–water partition coefficient (Wildman–Crippen LogP) is 1.90. The van der Waals surface area contributed by atoms with Gasteiger partial charge in [0.1, 0.15) is 18.1 Å². The summed E-state index contributed by atoms with van der Waals surface area (Å²) < 4.78 is 11.0. The molecule has 0 unspecified atom stereocenters. The molecule has 1 heterocycles. The summed E-state index contributed by atoms with van der Waals surface area (Å²) in [5, 5.41) is 0. The summed E-state index contributed by atoms with van der Waals surface area (Å²) in [6, 6.07) is 1.68. The normalized spacial score (nSPS) is 15.4. The van der Waals surface area contributed by atoms with Crippen LogP contribution in [-0.4, -0.2) is 12.5 Å². The Morgan fingerprint density at radius 1 is 1.61 bits per heavy atom. The van der Waals surface area contributed by atoms with E-state index < -0.39 is 0 Å². The van der Waals surface area contributed by atoms with Crippen molar-refractivity contribution >= 4 is 5.91 Å². The second-order valence-electron chi connectivity index (χ2n) is 4.79. The van der Waals surface area contributed by atoms with E-state index in [2.05, 4.69) is 5.43 Å². The minimum atomic E-state index is -0.336. The van der Waals surface area contributed by atoms with Gasteiger partial charge in [-0.15, -0.1) is 0 Å². The van der Waals surface area contributed by atoms with Gasteiger partial charge in [0.2, 0.25) is 0 Å². The number of hydrogen-bond donors (Lipinski definition) is 2. The third-order valence-electron chi connectivity index (χ3n) is 3.48. The lowest BCUT2D eigenvalue weighted by atomic mass is 9.83. The molecule has 1 saturated carbocycles. The van der Waals surface area contributed by atoms with Crippen molar-refractivity contribution in [2.24, 2.45) is 11.8 Å². The number of nitrogens with two attached hydrogens (primary N) is 1. The third-order valence-corrected chi connectivity index (χ3v) is 3.48. The fourth-order valence-electron chi connectivity index (χ4n) is 2.12. The number of furan rings is 1. The number of nitrogen functional groups attached to an aromatic ring is 1. The van der Waals surface area contributed by atoms with Gasteiger partial charge in [0.15, 0.2) is 0 Å². The standard InChI is InChI=1S/C13H20N2O3/c1-9-12(13(16)15-14)7-11(18-9)8-17-6-5-10-3-2-4-10/h7,10H,2-6,8,14H2,1H3,(H,15,16). The molecule has 0 atom stereocenters. The number of carbonyl (C=O) groups is 1. The Hall–Kier alpha value is -1.33. The molecule has 0 saturated heterocycles. The van der Waals surface area contributed by atoms with E-state index in [0.29, 0.717) is 23.7 Å². The van der Waals surface area contributed by atoms with Crippen LogP contribution < -0.4 is 11.3 Å². The van der Waals surface area contributed by atoms with E-state index in [4.69, 9.17) is 15.0 Å². The molecule has 1 fully saturated rings. The quantitative estimate of drug-likeness (QED) is 0.351. The molecule has 1 aliphatic rings. The molecule has 18 heavy (non-hydrogen) atoms. The molecule has 0 radical (unpaired) electrons. The Morgan fingerprint density at radius 2 is 2.39 bits per heavy atom. The van der Waals surface area contributed by atoms with E-state index in [-0.39, 0.29) is 5.91 Å². The molecule has 5 nitrogen and oxygen atoms in total. The summed E-state index contributed by atoms with van der Waals surface area (Å²) in [7, 11) is 0. The molecule has 1 amide bonds. The topological polar surface area (TPSA) is 77.5 Å². The number of rotatable bonds is 6. The molecular weight excluding hydrogens is 232 g/mol. The zero-order valence-corrected chi connectivity index (χ0v) is 10.7. The monoisotopic (exact) mass is 252 g/mol. The van der Waals surface area contributed by atoms with Gasteiger partial charge in [0, 0.05) is 6.61 Å². The fraction of sp³-hybridized carbons (Fsp3) is 0.615. The number of aryl methyl sites for hydroxylation is 1. The van der Waals surface area contributed by atoms with Crippen LogP contribution in [0.2, 0.25) is 0 Å². The fourth-order valence-corrected chi connectivity index (χ4v) is 2.12. The molecule has 0 bridgehead atoms. The number of ether oxygens (including phenoxy) is 1. The minimum absolute atomic E-state index is 0.336. The van der Waals surface area contributed by atoms with Crippen LogP contribution in [0.4, 0.5) is 0 Å². The van der Waals surface area contributed by atoms with Gasteiger partial charge < -0.3 is 9.15 Å². The van der Waals surface area contributed by atoms with Crippen LogP contribution in [0, 0.1) is 12.8 Å². The highest BCUT2D eigenvalue weighted by Gasteiger charge is 2.17. The van der Waals surface area contributed by atoms with Gasteiger partial charge >= 0.3 is 0 Å². The van der Waals surface area contributed by atoms with Crippen LogP contribution >= 0.6 is 0 Å². The number of carbonyl (C=O) groups excluding carboxylic acids is 1. The predicted molar refractivity (Wildman–Crippen MR) is 66.7 cm³/mol. The third kappa shape index (κ3) is 3.11. The molecule has 1 aromatic rings. The van der Waals surface area contributed by atoms with Gasteiger partial charge in [0.25, 0.3) is 5.91 Å². The average molecular weight is 252 g/mol. The largest absolute Gasteiger partial charge is 0.463 e.